The van der Waals surface area contributed by atoms with Crippen LogP contribution < -0.4 is 0 Å². The van der Waals surface area contributed by atoms with Gasteiger partial charge >= 0.3 is 0 Å². The molecule has 0 bridgehead atoms. The number of hydrogen-bond acceptors (Lipinski definition) is 2. The first-order valence-electron chi connectivity index (χ1n) is 9.07. The van der Waals surface area contributed by atoms with Crippen molar-refractivity contribution >= 4 is 16.8 Å². The molecule has 0 radical (unpaired) electrons. The van der Waals surface area contributed by atoms with Crippen LogP contribution in [0.15, 0.2) is 48.7 Å². The largest absolute Gasteiger partial charge is 0.335 e. The Morgan fingerprint density at radius 3 is 2.88 bits per heavy atom. The maximum absolute atomic E-state index is 13.3. The Morgan fingerprint density at radius 1 is 1.20 bits per heavy atom. The van der Waals surface area contributed by atoms with Crippen molar-refractivity contribution in [3.05, 3.63) is 65.4 Å². The lowest BCUT2D eigenvalue weighted by Crippen LogP contribution is -2.44. The van der Waals surface area contributed by atoms with Crippen molar-refractivity contribution in [3.63, 3.8) is 0 Å². The van der Waals surface area contributed by atoms with Crippen LogP contribution in [-0.4, -0.2) is 33.6 Å². The van der Waals surface area contributed by atoms with Crippen LogP contribution >= 0.6 is 0 Å². The van der Waals surface area contributed by atoms with Gasteiger partial charge in [-0.3, -0.25) is 9.89 Å². The maximum atomic E-state index is 13.3. The lowest BCUT2D eigenvalue weighted by molar-refractivity contribution is 0.0663. The molecule has 3 aromatic rings. The Morgan fingerprint density at radius 2 is 2.04 bits per heavy atom. The fraction of sp³-hybridized carbons (Fsp3) is 0.333. The number of nitrogens with zero attached hydrogens (tertiary/aromatic N) is 2. The van der Waals surface area contributed by atoms with Crippen LogP contribution in [0.2, 0.25) is 0 Å². The molecule has 0 aliphatic heterocycles. The van der Waals surface area contributed by atoms with Gasteiger partial charge < -0.3 is 4.90 Å². The van der Waals surface area contributed by atoms with Gasteiger partial charge in [-0.1, -0.05) is 43.3 Å². The van der Waals surface area contributed by atoms with Crippen molar-refractivity contribution < 1.29 is 4.79 Å². The molecule has 0 saturated heterocycles. The van der Waals surface area contributed by atoms with E-state index in [1.165, 1.54) is 11.1 Å². The second kappa shape index (κ2) is 6.71. The van der Waals surface area contributed by atoms with E-state index in [1.54, 1.807) is 6.20 Å². The monoisotopic (exact) mass is 333 g/mol. The van der Waals surface area contributed by atoms with Crippen LogP contribution in [-0.2, 0) is 12.8 Å². The molecule has 1 aliphatic carbocycles. The predicted molar refractivity (Wildman–Crippen MR) is 99.7 cm³/mol. The molecule has 128 valence electrons. The molecule has 0 fully saturated rings. The summed E-state index contributed by atoms with van der Waals surface area (Å²) in [6, 6.07) is 14.7. The predicted octanol–water partition coefficient (Wildman–Crippen LogP) is 3.97. The number of benzene rings is 2. The molecule has 25 heavy (non-hydrogen) atoms. The van der Waals surface area contributed by atoms with Crippen LogP contribution in [0.1, 0.15) is 41.3 Å². The topological polar surface area (TPSA) is 49.0 Å². The Balaban J connectivity index is 1.65. The number of amides is 1. The summed E-state index contributed by atoms with van der Waals surface area (Å²) < 4.78 is 0. The van der Waals surface area contributed by atoms with E-state index in [0.29, 0.717) is 0 Å². The van der Waals surface area contributed by atoms with Gasteiger partial charge in [0.25, 0.3) is 5.91 Å². The van der Waals surface area contributed by atoms with E-state index in [-0.39, 0.29) is 11.9 Å². The van der Waals surface area contributed by atoms with Gasteiger partial charge in [0.1, 0.15) is 0 Å². The van der Waals surface area contributed by atoms with E-state index < -0.39 is 0 Å². The summed E-state index contributed by atoms with van der Waals surface area (Å²) in [6.45, 7) is 2.92. The number of carbonyl (C=O) groups excluding carboxylic acids is 1. The van der Waals surface area contributed by atoms with Gasteiger partial charge in [-0.2, -0.15) is 5.10 Å². The number of fused-ring (bicyclic) bond motifs is 2. The average Bonchev–Trinajstić information content (AvgIpc) is 3.14. The second-order valence-electron chi connectivity index (χ2n) is 6.80. The van der Waals surface area contributed by atoms with Crippen molar-refractivity contribution in [1.82, 2.24) is 15.1 Å². The lowest BCUT2D eigenvalue weighted by Gasteiger charge is -2.35. The van der Waals surface area contributed by atoms with Crippen molar-refractivity contribution in [3.8, 4) is 0 Å². The van der Waals surface area contributed by atoms with Crippen LogP contribution in [0.3, 0.4) is 0 Å². The molecule has 4 nitrogen and oxygen atoms in total. The highest BCUT2D eigenvalue weighted by Crippen LogP contribution is 2.27. The Bertz CT molecular complexity index is 899. The number of aromatic nitrogens is 2. The van der Waals surface area contributed by atoms with Crippen molar-refractivity contribution in [2.24, 2.45) is 0 Å². The standard InChI is InChI=1S/C21H23N3O/c1-2-12-24(18-11-10-15-6-3-4-7-16(15)13-18)21(25)19-9-5-8-17-14-22-23-20(17)19/h3-9,14,18H,2,10-13H2,1H3,(H,22,23)/t18-/m0/s1. The van der Waals surface area contributed by atoms with E-state index in [9.17, 15) is 4.79 Å². The summed E-state index contributed by atoms with van der Waals surface area (Å²) in [5.41, 5.74) is 4.37. The second-order valence-corrected chi connectivity index (χ2v) is 6.80. The summed E-state index contributed by atoms with van der Waals surface area (Å²) in [5.74, 6) is 0.112. The molecular weight excluding hydrogens is 310 g/mol. The minimum atomic E-state index is 0.112. The molecule has 1 amide bonds. The van der Waals surface area contributed by atoms with Gasteiger partial charge in [-0.15, -0.1) is 0 Å². The van der Waals surface area contributed by atoms with Crippen LogP contribution in [0, 0.1) is 0 Å². The number of hydrogen-bond donors (Lipinski definition) is 1. The summed E-state index contributed by atoms with van der Waals surface area (Å²) in [5, 5.41) is 8.07. The molecule has 0 spiro atoms. The summed E-state index contributed by atoms with van der Waals surface area (Å²) >= 11 is 0. The first-order valence-corrected chi connectivity index (χ1v) is 9.07. The zero-order chi connectivity index (χ0) is 17.2. The molecule has 1 aromatic heterocycles. The molecule has 2 aromatic carbocycles. The van der Waals surface area contributed by atoms with Crippen molar-refractivity contribution in [2.45, 2.75) is 38.6 Å². The smallest absolute Gasteiger partial charge is 0.256 e. The number of nitrogens with one attached hydrogen (secondary N) is 1. The maximum Gasteiger partial charge on any atom is 0.256 e. The van der Waals surface area contributed by atoms with E-state index in [4.69, 9.17) is 0 Å². The SMILES string of the molecule is CCCN(C(=O)c1cccc2cn[nH]c12)[C@H]1CCc2ccccc2C1. The fourth-order valence-corrected chi connectivity index (χ4v) is 3.94. The number of aryl methyl sites for hydroxylation is 1. The highest BCUT2D eigenvalue weighted by Gasteiger charge is 2.28. The third-order valence-electron chi connectivity index (χ3n) is 5.19. The summed E-state index contributed by atoms with van der Waals surface area (Å²) in [4.78, 5) is 15.4. The molecule has 4 heteroatoms. The molecule has 1 atom stereocenters. The first-order chi connectivity index (χ1) is 12.3. The van der Waals surface area contributed by atoms with E-state index in [0.717, 1.165) is 48.7 Å². The molecule has 4 rings (SSSR count). The van der Waals surface area contributed by atoms with Gasteiger partial charge in [-0.05, 0) is 42.9 Å². The summed E-state index contributed by atoms with van der Waals surface area (Å²) in [6.07, 6.45) is 5.75. The van der Waals surface area contributed by atoms with Gasteiger partial charge in [0.15, 0.2) is 0 Å². The third-order valence-corrected chi connectivity index (χ3v) is 5.19. The Labute approximate surface area is 147 Å². The normalized spacial score (nSPS) is 16.6. The molecular formula is C21H23N3O. The summed E-state index contributed by atoms with van der Waals surface area (Å²) in [7, 11) is 0. The van der Waals surface area contributed by atoms with Gasteiger partial charge in [0.05, 0.1) is 17.3 Å². The number of rotatable bonds is 4. The van der Waals surface area contributed by atoms with Gasteiger partial charge in [0, 0.05) is 18.0 Å². The van der Waals surface area contributed by atoms with E-state index in [2.05, 4.69) is 46.3 Å². The first kappa shape index (κ1) is 15.9. The Kier molecular flexibility index (Phi) is 4.26. The highest BCUT2D eigenvalue weighted by molar-refractivity contribution is 6.05. The quantitative estimate of drug-likeness (QED) is 0.785. The minimum absolute atomic E-state index is 0.112. The molecule has 1 heterocycles. The van der Waals surface area contributed by atoms with E-state index in [1.807, 2.05) is 18.2 Å². The highest BCUT2D eigenvalue weighted by atomic mass is 16.2. The van der Waals surface area contributed by atoms with Crippen molar-refractivity contribution in [2.75, 3.05) is 6.54 Å². The number of carbonyl (C=O) groups is 1. The van der Waals surface area contributed by atoms with Crippen LogP contribution in [0.5, 0.6) is 0 Å². The Hall–Kier alpha value is -2.62. The van der Waals surface area contributed by atoms with Crippen molar-refractivity contribution in [1.29, 1.82) is 0 Å². The molecule has 1 aliphatic rings. The zero-order valence-corrected chi connectivity index (χ0v) is 14.5. The fourth-order valence-electron chi connectivity index (χ4n) is 3.94. The number of aromatic amines is 1. The zero-order valence-electron chi connectivity index (χ0n) is 14.5. The van der Waals surface area contributed by atoms with Gasteiger partial charge in [-0.25, -0.2) is 0 Å². The average molecular weight is 333 g/mol. The lowest BCUT2D eigenvalue weighted by atomic mass is 9.87. The number of para-hydroxylation sites is 1. The van der Waals surface area contributed by atoms with Crippen LogP contribution in [0.4, 0.5) is 0 Å². The number of H-pyrrole nitrogens is 1. The third kappa shape index (κ3) is 2.93. The molecule has 0 unspecified atom stereocenters. The molecule has 1 N–H and O–H groups in total. The van der Waals surface area contributed by atoms with Gasteiger partial charge in [0.2, 0.25) is 0 Å². The minimum Gasteiger partial charge on any atom is -0.335 e. The van der Waals surface area contributed by atoms with Crippen LogP contribution in [0.25, 0.3) is 10.9 Å². The van der Waals surface area contributed by atoms with E-state index >= 15 is 0 Å². The molecule has 0 saturated carbocycles.